The summed E-state index contributed by atoms with van der Waals surface area (Å²) in [4.78, 5) is 0. The van der Waals surface area contributed by atoms with Gasteiger partial charge in [0.2, 0.25) is 0 Å². The molecule has 0 bridgehead atoms. The zero-order valence-electron chi connectivity index (χ0n) is 7.79. The average molecular weight is 185 g/mol. The average Bonchev–Trinajstić information content (AvgIpc) is 2.57. The molecule has 1 heterocycles. The molecule has 0 saturated heterocycles. The Morgan fingerprint density at radius 3 is 3.14 bits per heavy atom. The van der Waals surface area contributed by atoms with E-state index in [9.17, 15) is 0 Å². The molecule has 2 N–H and O–H groups in total. The number of fused-ring (bicyclic) bond motifs is 3. The van der Waals surface area contributed by atoms with Gasteiger partial charge in [-0.15, -0.1) is 0 Å². The topological polar surface area (TPSA) is 39.2 Å². The first-order valence-corrected chi connectivity index (χ1v) is 4.82. The Morgan fingerprint density at radius 2 is 2.21 bits per heavy atom. The van der Waals surface area contributed by atoms with Crippen molar-refractivity contribution >= 4 is 22.7 Å². The summed E-state index contributed by atoms with van der Waals surface area (Å²) in [7, 11) is 0. The molecule has 2 aromatic rings. The third-order valence-electron chi connectivity index (χ3n) is 2.71. The summed E-state index contributed by atoms with van der Waals surface area (Å²) in [5, 5.41) is 1.10. The fraction of sp³-hybridized carbons (Fsp3) is 0.167. The number of hydrogen-bond acceptors (Lipinski definition) is 2. The Bertz CT molecular complexity index is 522. The third kappa shape index (κ3) is 0.909. The molecule has 1 aromatic heterocycles. The summed E-state index contributed by atoms with van der Waals surface area (Å²) >= 11 is 0. The van der Waals surface area contributed by atoms with E-state index in [1.54, 1.807) is 0 Å². The Hall–Kier alpha value is -1.70. The lowest BCUT2D eigenvalue weighted by molar-refractivity contribution is 0.595. The van der Waals surface area contributed by atoms with Crippen molar-refractivity contribution < 1.29 is 4.42 Å². The first kappa shape index (κ1) is 7.68. The van der Waals surface area contributed by atoms with Crippen LogP contribution in [0.1, 0.15) is 17.7 Å². The van der Waals surface area contributed by atoms with E-state index in [1.165, 1.54) is 5.56 Å². The maximum Gasteiger partial charge on any atom is 0.137 e. The van der Waals surface area contributed by atoms with E-state index in [4.69, 9.17) is 10.2 Å². The summed E-state index contributed by atoms with van der Waals surface area (Å²) in [5.74, 6) is 0.976. The van der Waals surface area contributed by atoms with Crippen LogP contribution < -0.4 is 5.73 Å². The van der Waals surface area contributed by atoms with Crippen LogP contribution in [0.15, 0.2) is 28.7 Å². The molecule has 14 heavy (non-hydrogen) atoms. The molecule has 0 radical (unpaired) electrons. The number of hydrogen-bond donors (Lipinski definition) is 1. The normalized spacial score (nSPS) is 14.6. The summed E-state index contributed by atoms with van der Waals surface area (Å²) in [5.41, 5.74) is 8.93. The van der Waals surface area contributed by atoms with Gasteiger partial charge in [-0.05, 0) is 31.1 Å². The largest absolute Gasteiger partial charge is 0.456 e. The minimum atomic E-state index is 0.822. The van der Waals surface area contributed by atoms with Crippen LogP contribution in [0.2, 0.25) is 0 Å². The number of aryl methyl sites for hydroxylation is 1. The smallest absolute Gasteiger partial charge is 0.137 e. The highest BCUT2D eigenvalue weighted by Crippen LogP contribution is 2.34. The van der Waals surface area contributed by atoms with Crippen molar-refractivity contribution in [2.45, 2.75) is 12.8 Å². The molecule has 0 aliphatic heterocycles. The lowest BCUT2D eigenvalue weighted by Crippen LogP contribution is -1.92. The second-order valence-electron chi connectivity index (χ2n) is 3.61. The van der Waals surface area contributed by atoms with Gasteiger partial charge in [0.25, 0.3) is 0 Å². The monoisotopic (exact) mass is 185 g/mol. The quantitative estimate of drug-likeness (QED) is 0.641. The zero-order valence-corrected chi connectivity index (χ0v) is 7.79. The lowest BCUT2D eigenvalue weighted by atomic mass is 10.0. The number of allylic oxidation sites excluding steroid dienone is 1. The highest BCUT2D eigenvalue weighted by Gasteiger charge is 2.15. The number of benzene rings is 1. The van der Waals surface area contributed by atoms with E-state index in [0.29, 0.717) is 0 Å². The van der Waals surface area contributed by atoms with Crippen molar-refractivity contribution in [1.82, 2.24) is 0 Å². The van der Waals surface area contributed by atoms with Crippen LogP contribution in [0.4, 0.5) is 5.69 Å². The van der Waals surface area contributed by atoms with Gasteiger partial charge in [0.1, 0.15) is 11.3 Å². The molecular formula is C12H11NO. The third-order valence-corrected chi connectivity index (χ3v) is 2.71. The van der Waals surface area contributed by atoms with Crippen LogP contribution in [0.25, 0.3) is 17.0 Å². The summed E-state index contributed by atoms with van der Waals surface area (Å²) in [6.07, 6.45) is 6.29. The van der Waals surface area contributed by atoms with Gasteiger partial charge in [-0.3, -0.25) is 0 Å². The van der Waals surface area contributed by atoms with Crippen LogP contribution in [0.5, 0.6) is 0 Å². The van der Waals surface area contributed by atoms with Crippen molar-refractivity contribution in [3.8, 4) is 0 Å². The number of nitrogens with two attached hydrogens (primary N) is 1. The molecule has 3 rings (SSSR count). The van der Waals surface area contributed by atoms with Gasteiger partial charge in [0.05, 0.1) is 0 Å². The highest BCUT2D eigenvalue weighted by molar-refractivity contribution is 5.94. The Morgan fingerprint density at radius 1 is 1.29 bits per heavy atom. The summed E-state index contributed by atoms with van der Waals surface area (Å²) < 4.78 is 5.70. The predicted molar refractivity (Wildman–Crippen MR) is 58.0 cm³/mol. The van der Waals surface area contributed by atoms with Crippen LogP contribution in [-0.4, -0.2) is 0 Å². The van der Waals surface area contributed by atoms with Gasteiger partial charge in [-0.2, -0.15) is 0 Å². The van der Waals surface area contributed by atoms with Crippen LogP contribution in [-0.2, 0) is 6.42 Å². The SMILES string of the molecule is Nc1cccc2oc3c(c12)CCC=C3. The van der Waals surface area contributed by atoms with Crippen molar-refractivity contribution in [3.05, 3.63) is 35.6 Å². The Kier molecular flexibility index (Phi) is 1.45. The van der Waals surface area contributed by atoms with E-state index in [0.717, 1.165) is 35.3 Å². The predicted octanol–water partition coefficient (Wildman–Crippen LogP) is 2.97. The van der Waals surface area contributed by atoms with Gasteiger partial charge >= 0.3 is 0 Å². The lowest BCUT2D eigenvalue weighted by Gasteiger charge is -2.03. The van der Waals surface area contributed by atoms with Gasteiger partial charge in [-0.1, -0.05) is 12.1 Å². The van der Waals surface area contributed by atoms with Crippen molar-refractivity contribution in [3.63, 3.8) is 0 Å². The number of rotatable bonds is 0. The maximum atomic E-state index is 5.94. The molecule has 2 nitrogen and oxygen atoms in total. The maximum absolute atomic E-state index is 5.94. The van der Waals surface area contributed by atoms with E-state index in [1.807, 2.05) is 24.3 Å². The summed E-state index contributed by atoms with van der Waals surface area (Å²) in [6.45, 7) is 0. The molecule has 0 spiro atoms. The van der Waals surface area contributed by atoms with E-state index >= 15 is 0 Å². The van der Waals surface area contributed by atoms with Gasteiger partial charge in [0.15, 0.2) is 0 Å². The number of anilines is 1. The minimum Gasteiger partial charge on any atom is -0.456 e. The van der Waals surface area contributed by atoms with Crippen molar-refractivity contribution in [2.75, 3.05) is 5.73 Å². The standard InChI is InChI=1S/C12H11NO/c13-9-5-3-7-11-12(9)8-4-1-2-6-10(8)14-11/h2-3,5-7H,1,4,13H2. The molecule has 0 amide bonds. The minimum absolute atomic E-state index is 0.822. The molecule has 1 aliphatic rings. The second-order valence-corrected chi connectivity index (χ2v) is 3.61. The number of furan rings is 1. The molecule has 0 fully saturated rings. The highest BCUT2D eigenvalue weighted by atomic mass is 16.3. The van der Waals surface area contributed by atoms with Gasteiger partial charge in [0, 0.05) is 16.6 Å². The molecule has 1 aliphatic carbocycles. The van der Waals surface area contributed by atoms with Gasteiger partial charge in [-0.25, -0.2) is 0 Å². The van der Waals surface area contributed by atoms with E-state index in [-0.39, 0.29) is 0 Å². The molecule has 0 saturated carbocycles. The van der Waals surface area contributed by atoms with Crippen LogP contribution >= 0.6 is 0 Å². The Labute approximate surface area is 82.0 Å². The molecule has 0 unspecified atom stereocenters. The molecule has 0 atom stereocenters. The first-order chi connectivity index (χ1) is 6.86. The Balaban J connectivity index is 2.45. The fourth-order valence-corrected chi connectivity index (χ4v) is 2.06. The molecule has 1 aromatic carbocycles. The molecule has 2 heteroatoms. The fourth-order valence-electron chi connectivity index (χ4n) is 2.06. The first-order valence-electron chi connectivity index (χ1n) is 4.82. The van der Waals surface area contributed by atoms with Crippen LogP contribution in [0.3, 0.4) is 0 Å². The number of nitrogen functional groups attached to an aromatic ring is 1. The van der Waals surface area contributed by atoms with Crippen LogP contribution in [0, 0.1) is 0 Å². The summed E-state index contributed by atoms with van der Waals surface area (Å²) in [6, 6.07) is 5.82. The second kappa shape index (κ2) is 2.64. The molecule has 70 valence electrons. The zero-order chi connectivity index (χ0) is 9.54. The van der Waals surface area contributed by atoms with E-state index in [2.05, 4.69) is 6.08 Å². The van der Waals surface area contributed by atoms with Crippen molar-refractivity contribution in [1.29, 1.82) is 0 Å². The molecular weight excluding hydrogens is 174 g/mol. The van der Waals surface area contributed by atoms with Crippen molar-refractivity contribution in [2.24, 2.45) is 0 Å². The van der Waals surface area contributed by atoms with Gasteiger partial charge < -0.3 is 10.2 Å². The van der Waals surface area contributed by atoms with E-state index < -0.39 is 0 Å².